The van der Waals surface area contributed by atoms with Crippen LogP contribution in [0.2, 0.25) is 0 Å². The van der Waals surface area contributed by atoms with Crippen LogP contribution in [0.5, 0.6) is 0 Å². The van der Waals surface area contributed by atoms with Crippen molar-refractivity contribution in [3.05, 3.63) is 79.0 Å². The highest BCUT2D eigenvalue weighted by Gasteiger charge is 2.13. The Balaban J connectivity index is 1.68. The van der Waals surface area contributed by atoms with Crippen molar-refractivity contribution in [2.75, 3.05) is 0 Å². The molecule has 0 amide bonds. The second kappa shape index (κ2) is 6.24. The molecule has 0 spiro atoms. The predicted molar refractivity (Wildman–Crippen MR) is 95.6 cm³/mol. The Morgan fingerprint density at radius 3 is 2.71 bits per heavy atom. The summed E-state index contributed by atoms with van der Waals surface area (Å²) in [4.78, 5) is 13.4. The highest BCUT2D eigenvalue weighted by Crippen LogP contribution is 2.25. The van der Waals surface area contributed by atoms with E-state index in [0.717, 1.165) is 34.4 Å². The Labute approximate surface area is 140 Å². The van der Waals surface area contributed by atoms with Gasteiger partial charge in [-0.3, -0.25) is 9.97 Å². The minimum Gasteiger partial charge on any atom is -0.328 e. The molecule has 3 heterocycles. The fourth-order valence-corrected chi connectivity index (χ4v) is 3.02. The lowest BCUT2D eigenvalue weighted by molar-refractivity contribution is 0.543. The molecule has 0 radical (unpaired) electrons. The van der Waals surface area contributed by atoms with E-state index in [1.54, 1.807) is 0 Å². The summed E-state index contributed by atoms with van der Waals surface area (Å²) in [5.41, 5.74) is 3.16. The van der Waals surface area contributed by atoms with Crippen LogP contribution in [0.15, 0.2) is 73.3 Å². The molecule has 1 unspecified atom stereocenters. The van der Waals surface area contributed by atoms with Crippen LogP contribution in [-0.4, -0.2) is 19.5 Å². The van der Waals surface area contributed by atoms with Crippen LogP contribution in [0.4, 0.5) is 0 Å². The van der Waals surface area contributed by atoms with Gasteiger partial charge in [0.2, 0.25) is 0 Å². The molecule has 118 valence electrons. The van der Waals surface area contributed by atoms with Crippen molar-refractivity contribution in [1.29, 1.82) is 0 Å². The highest BCUT2D eigenvalue weighted by molar-refractivity contribution is 5.82. The molecule has 0 N–H and O–H groups in total. The normalized spacial score (nSPS) is 12.4. The zero-order valence-corrected chi connectivity index (χ0v) is 13.5. The zero-order valence-electron chi connectivity index (χ0n) is 13.5. The summed E-state index contributed by atoms with van der Waals surface area (Å²) in [6, 6.07) is 16.6. The molecular formula is C20H18N4. The standard InChI is InChI=1S/C20H18N4/c1-15(13-18-6-2-3-9-21-18)24-12-11-23-20(24)17-8-7-16-5-4-10-22-19(16)14-17/h2-12,14-15H,13H2,1H3. The molecule has 4 nitrogen and oxygen atoms in total. The van der Waals surface area contributed by atoms with Gasteiger partial charge in [-0.2, -0.15) is 0 Å². The highest BCUT2D eigenvalue weighted by atomic mass is 15.1. The maximum absolute atomic E-state index is 4.57. The Hall–Kier alpha value is -3.01. The quantitative estimate of drug-likeness (QED) is 0.564. The predicted octanol–water partition coefficient (Wildman–Crippen LogP) is 4.30. The van der Waals surface area contributed by atoms with Crippen molar-refractivity contribution in [2.24, 2.45) is 0 Å². The van der Waals surface area contributed by atoms with Crippen molar-refractivity contribution in [3.63, 3.8) is 0 Å². The third-order valence-corrected chi connectivity index (χ3v) is 4.24. The summed E-state index contributed by atoms with van der Waals surface area (Å²) in [6.45, 7) is 2.19. The number of pyridine rings is 2. The first-order chi connectivity index (χ1) is 11.8. The van der Waals surface area contributed by atoms with Crippen LogP contribution in [0.1, 0.15) is 18.7 Å². The molecule has 0 saturated carbocycles. The van der Waals surface area contributed by atoms with E-state index in [4.69, 9.17) is 0 Å². The van der Waals surface area contributed by atoms with Gasteiger partial charge >= 0.3 is 0 Å². The lowest BCUT2D eigenvalue weighted by Gasteiger charge is -2.16. The van der Waals surface area contributed by atoms with Crippen LogP contribution in [0, 0.1) is 0 Å². The lowest BCUT2D eigenvalue weighted by atomic mass is 10.1. The molecule has 1 aromatic carbocycles. The van der Waals surface area contributed by atoms with Gasteiger partial charge in [0.15, 0.2) is 0 Å². The van der Waals surface area contributed by atoms with Crippen molar-refractivity contribution < 1.29 is 0 Å². The molecule has 4 rings (SSSR count). The van der Waals surface area contributed by atoms with Crippen LogP contribution in [0.3, 0.4) is 0 Å². The Kier molecular flexibility index (Phi) is 3.79. The number of imidazole rings is 1. The van der Waals surface area contributed by atoms with Crippen LogP contribution >= 0.6 is 0 Å². The average Bonchev–Trinajstić information content (AvgIpc) is 3.12. The largest absolute Gasteiger partial charge is 0.328 e. The summed E-state index contributed by atoms with van der Waals surface area (Å²) in [7, 11) is 0. The Morgan fingerprint density at radius 2 is 1.83 bits per heavy atom. The number of aromatic nitrogens is 4. The molecule has 0 saturated heterocycles. The molecule has 0 aliphatic rings. The van der Waals surface area contributed by atoms with Crippen molar-refractivity contribution in [2.45, 2.75) is 19.4 Å². The van der Waals surface area contributed by atoms with Crippen LogP contribution in [-0.2, 0) is 6.42 Å². The minimum absolute atomic E-state index is 0.275. The summed E-state index contributed by atoms with van der Waals surface area (Å²) in [5.74, 6) is 0.964. The smallest absolute Gasteiger partial charge is 0.140 e. The first-order valence-electron chi connectivity index (χ1n) is 8.09. The monoisotopic (exact) mass is 314 g/mol. The van der Waals surface area contributed by atoms with Gasteiger partial charge in [-0.15, -0.1) is 0 Å². The Bertz CT molecular complexity index is 959. The maximum Gasteiger partial charge on any atom is 0.140 e. The number of hydrogen-bond acceptors (Lipinski definition) is 3. The molecular weight excluding hydrogens is 296 g/mol. The van der Waals surface area contributed by atoms with Gasteiger partial charge in [0, 0.05) is 53.9 Å². The number of hydrogen-bond donors (Lipinski definition) is 0. The van der Waals surface area contributed by atoms with Gasteiger partial charge in [0.1, 0.15) is 5.82 Å². The number of rotatable bonds is 4. The van der Waals surface area contributed by atoms with Crippen LogP contribution in [0.25, 0.3) is 22.3 Å². The van der Waals surface area contributed by atoms with Crippen molar-refractivity contribution in [3.8, 4) is 11.4 Å². The number of benzene rings is 1. The first-order valence-corrected chi connectivity index (χ1v) is 8.09. The average molecular weight is 314 g/mol. The van der Waals surface area contributed by atoms with E-state index in [0.29, 0.717) is 0 Å². The van der Waals surface area contributed by atoms with E-state index in [-0.39, 0.29) is 6.04 Å². The molecule has 0 bridgehead atoms. The van der Waals surface area contributed by atoms with E-state index < -0.39 is 0 Å². The molecule has 0 aliphatic heterocycles. The fraction of sp³-hybridized carbons (Fsp3) is 0.150. The third-order valence-electron chi connectivity index (χ3n) is 4.24. The summed E-state index contributed by atoms with van der Waals surface area (Å²) in [5, 5.41) is 1.14. The molecule has 3 aromatic heterocycles. The Morgan fingerprint density at radius 1 is 0.917 bits per heavy atom. The summed E-state index contributed by atoms with van der Waals surface area (Å²) >= 11 is 0. The molecule has 1 atom stereocenters. The second-order valence-corrected chi connectivity index (χ2v) is 5.94. The molecule has 4 aromatic rings. The van der Waals surface area contributed by atoms with Gasteiger partial charge in [0.05, 0.1) is 5.52 Å². The van der Waals surface area contributed by atoms with E-state index in [9.17, 15) is 0 Å². The summed E-state index contributed by atoms with van der Waals surface area (Å²) < 4.78 is 2.21. The van der Waals surface area contributed by atoms with E-state index in [1.807, 2.05) is 43.0 Å². The molecule has 24 heavy (non-hydrogen) atoms. The van der Waals surface area contributed by atoms with Gasteiger partial charge in [-0.1, -0.05) is 24.3 Å². The van der Waals surface area contributed by atoms with Gasteiger partial charge in [-0.25, -0.2) is 4.98 Å². The minimum atomic E-state index is 0.275. The molecule has 0 fully saturated rings. The molecule has 0 aliphatic carbocycles. The van der Waals surface area contributed by atoms with Crippen LogP contribution < -0.4 is 0 Å². The second-order valence-electron chi connectivity index (χ2n) is 5.94. The third kappa shape index (κ3) is 2.78. The topological polar surface area (TPSA) is 43.6 Å². The fourth-order valence-electron chi connectivity index (χ4n) is 3.02. The zero-order chi connectivity index (χ0) is 16.4. The first kappa shape index (κ1) is 14.6. The van der Waals surface area contributed by atoms with Crippen molar-refractivity contribution >= 4 is 10.9 Å². The van der Waals surface area contributed by atoms with Gasteiger partial charge < -0.3 is 4.57 Å². The van der Waals surface area contributed by atoms with Gasteiger partial charge in [0.25, 0.3) is 0 Å². The van der Waals surface area contributed by atoms with Crippen molar-refractivity contribution in [1.82, 2.24) is 19.5 Å². The summed E-state index contributed by atoms with van der Waals surface area (Å²) in [6.07, 6.45) is 8.42. The number of nitrogens with zero attached hydrogens (tertiary/aromatic N) is 4. The molecule has 4 heteroatoms. The van der Waals surface area contributed by atoms with E-state index in [2.05, 4.69) is 56.8 Å². The lowest BCUT2D eigenvalue weighted by Crippen LogP contribution is -2.09. The maximum atomic E-state index is 4.57. The van der Waals surface area contributed by atoms with Gasteiger partial charge in [-0.05, 0) is 31.2 Å². The van der Waals surface area contributed by atoms with E-state index in [1.165, 1.54) is 0 Å². The SMILES string of the molecule is CC(Cc1ccccn1)n1ccnc1-c1ccc2cccnc2c1. The number of fused-ring (bicyclic) bond motifs is 1. The van der Waals surface area contributed by atoms with E-state index >= 15 is 0 Å².